The van der Waals surface area contributed by atoms with Crippen LogP contribution in [0.25, 0.3) is 0 Å². The van der Waals surface area contributed by atoms with Gasteiger partial charge in [0.1, 0.15) is 0 Å². The van der Waals surface area contributed by atoms with Gasteiger partial charge in [-0.1, -0.05) is 11.6 Å². The van der Waals surface area contributed by atoms with Crippen molar-refractivity contribution in [2.45, 2.75) is 30.8 Å². The highest BCUT2D eigenvalue weighted by Crippen LogP contribution is 2.23. The largest absolute Gasteiger partial charge is 0.377 e. The molecule has 1 heterocycles. The zero-order valence-corrected chi connectivity index (χ0v) is 12.5. The van der Waals surface area contributed by atoms with Gasteiger partial charge in [-0.15, -0.1) is 0 Å². The average Bonchev–Trinajstić information content (AvgIpc) is 2.40. The van der Waals surface area contributed by atoms with Crippen LogP contribution in [-0.4, -0.2) is 38.5 Å². The lowest BCUT2D eigenvalue weighted by molar-refractivity contribution is 0.0265. The zero-order valence-electron chi connectivity index (χ0n) is 10.9. The molecule has 106 valence electrons. The van der Waals surface area contributed by atoms with Crippen molar-refractivity contribution in [3.63, 3.8) is 0 Å². The summed E-state index contributed by atoms with van der Waals surface area (Å²) in [5.41, 5.74) is 0. The number of hydrogen-bond acceptors (Lipinski definition) is 3. The normalized spacial score (nSPS) is 21.5. The summed E-state index contributed by atoms with van der Waals surface area (Å²) in [6.45, 7) is 3.51. The third-order valence-electron chi connectivity index (χ3n) is 3.19. The van der Waals surface area contributed by atoms with Gasteiger partial charge in [0.15, 0.2) is 0 Å². The van der Waals surface area contributed by atoms with Crippen LogP contribution in [0.1, 0.15) is 19.8 Å². The molecule has 1 aliphatic heterocycles. The van der Waals surface area contributed by atoms with Crippen molar-refractivity contribution in [3.05, 3.63) is 29.3 Å². The molecule has 0 saturated carbocycles. The lowest BCUT2D eigenvalue weighted by atomic mass is 10.1. The van der Waals surface area contributed by atoms with Crippen LogP contribution in [0.5, 0.6) is 0 Å². The topological polar surface area (TPSA) is 46.6 Å². The maximum atomic E-state index is 12.5. The summed E-state index contributed by atoms with van der Waals surface area (Å²) < 4.78 is 32.0. The van der Waals surface area contributed by atoms with E-state index in [0.717, 1.165) is 12.8 Å². The molecule has 6 heteroatoms. The molecular formula is C13H18ClNO3S. The molecule has 0 radical (unpaired) electrons. The summed E-state index contributed by atoms with van der Waals surface area (Å²) in [5.74, 6) is 0. The molecule has 2 rings (SSSR count). The van der Waals surface area contributed by atoms with E-state index in [4.69, 9.17) is 16.3 Å². The first-order chi connectivity index (χ1) is 9.04. The van der Waals surface area contributed by atoms with E-state index >= 15 is 0 Å². The van der Waals surface area contributed by atoms with Crippen molar-refractivity contribution in [2.24, 2.45) is 0 Å². The van der Waals surface area contributed by atoms with E-state index in [2.05, 4.69) is 0 Å². The molecule has 0 N–H and O–H groups in total. The van der Waals surface area contributed by atoms with Gasteiger partial charge in [0.05, 0.1) is 11.0 Å². The highest BCUT2D eigenvalue weighted by atomic mass is 35.5. The van der Waals surface area contributed by atoms with Crippen LogP contribution in [0.3, 0.4) is 0 Å². The standard InChI is InChI=1S/C13H18ClNO3S/c1-2-18-12-4-3-9-15(10-12)19(16,17)13-7-5-11(14)6-8-13/h5-8,12H,2-4,9-10H2,1H3. The van der Waals surface area contributed by atoms with E-state index in [1.807, 2.05) is 6.92 Å². The third kappa shape index (κ3) is 3.48. The minimum atomic E-state index is -3.44. The van der Waals surface area contributed by atoms with Crippen LogP contribution in [0.4, 0.5) is 0 Å². The molecule has 1 fully saturated rings. The Morgan fingerprint density at radius 1 is 1.37 bits per heavy atom. The van der Waals surface area contributed by atoms with E-state index in [0.29, 0.717) is 24.7 Å². The van der Waals surface area contributed by atoms with Gasteiger partial charge in [0.25, 0.3) is 0 Å². The molecule has 0 amide bonds. The summed E-state index contributed by atoms with van der Waals surface area (Å²) in [7, 11) is -3.44. The van der Waals surface area contributed by atoms with Crippen molar-refractivity contribution >= 4 is 21.6 Å². The summed E-state index contributed by atoms with van der Waals surface area (Å²) >= 11 is 5.78. The fourth-order valence-corrected chi connectivity index (χ4v) is 3.89. The van der Waals surface area contributed by atoms with Gasteiger partial charge < -0.3 is 4.74 Å². The number of sulfonamides is 1. The van der Waals surface area contributed by atoms with Gasteiger partial charge in [-0.25, -0.2) is 8.42 Å². The first-order valence-corrected chi connectivity index (χ1v) is 8.23. The number of nitrogens with zero attached hydrogens (tertiary/aromatic N) is 1. The van der Waals surface area contributed by atoms with E-state index in [9.17, 15) is 8.42 Å². The summed E-state index contributed by atoms with van der Waals surface area (Å²) in [6.07, 6.45) is 1.75. The smallest absolute Gasteiger partial charge is 0.243 e. The molecule has 0 aliphatic carbocycles. The Bertz CT molecular complexity index is 513. The minimum absolute atomic E-state index is 0.000764. The molecular weight excluding hydrogens is 286 g/mol. The van der Waals surface area contributed by atoms with Crippen LogP contribution in [0, 0.1) is 0 Å². The second-order valence-corrected chi connectivity index (χ2v) is 6.91. The molecule has 0 aromatic heterocycles. The zero-order chi connectivity index (χ0) is 13.9. The van der Waals surface area contributed by atoms with Gasteiger partial charge in [0.2, 0.25) is 10.0 Å². The van der Waals surface area contributed by atoms with Crippen molar-refractivity contribution in [1.29, 1.82) is 0 Å². The number of piperidine rings is 1. The Hall–Kier alpha value is -0.620. The Balaban J connectivity index is 2.17. The van der Waals surface area contributed by atoms with Crippen LogP contribution in [0.2, 0.25) is 5.02 Å². The van der Waals surface area contributed by atoms with Gasteiger partial charge in [-0.05, 0) is 44.0 Å². The number of hydrogen-bond donors (Lipinski definition) is 0. The first-order valence-electron chi connectivity index (χ1n) is 6.41. The van der Waals surface area contributed by atoms with Gasteiger partial charge >= 0.3 is 0 Å². The van der Waals surface area contributed by atoms with Gasteiger partial charge in [0, 0.05) is 24.7 Å². The first kappa shape index (κ1) is 14.8. The monoisotopic (exact) mass is 303 g/mol. The number of halogens is 1. The highest BCUT2D eigenvalue weighted by Gasteiger charge is 2.30. The average molecular weight is 304 g/mol. The number of rotatable bonds is 4. The van der Waals surface area contributed by atoms with Gasteiger partial charge in [-0.3, -0.25) is 0 Å². The summed E-state index contributed by atoms with van der Waals surface area (Å²) in [5, 5.41) is 0.532. The molecule has 1 aliphatic rings. The van der Waals surface area contributed by atoms with E-state index in [1.54, 1.807) is 24.3 Å². The van der Waals surface area contributed by atoms with Crippen molar-refractivity contribution in [2.75, 3.05) is 19.7 Å². The van der Waals surface area contributed by atoms with Crippen LogP contribution in [0.15, 0.2) is 29.2 Å². The Morgan fingerprint density at radius 2 is 2.05 bits per heavy atom. The molecule has 0 bridgehead atoms. The molecule has 1 aromatic rings. The van der Waals surface area contributed by atoms with Crippen LogP contribution < -0.4 is 0 Å². The number of ether oxygens (including phenoxy) is 1. The summed E-state index contributed by atoms with van der Waals surface area (Å²) in [4.78, 5) is 0.286. The Labute approximate surface area is 119 Å². The number of benzene rings is 1. The lowest BCUT2D eigenvalue weighted by Crippen LogP contribution is -2.43. The molecule has 1 aromatic carbocycles. The van der Waals surface area contributed by atoms with E-state index < -0.39 is 10.0 Å². The fraction of sp³-hybridized carbons (Fsp3) is 0.538. The van der Waals surface area contributed by atoms with E-state index in [-0.39, 0.29) is 11.0 Å². The highest BCUT2D eigenvalue weighted by molar-refractivity contribution is 7.89. The SMILES string of the molecule is CCOC1CCCN(S(=O)(=O)c2ccc(Cl)cc2)C1. The predicted octanol–water partition coefficient (Wildman–Crippen LogP) is 2.53. The molecule has 1 saturated heterocycles. The van der Waals surface area contributed by atoms with E-state index in [1.165, 1.54) is 4.31 Å². The quantitative estimate of drug-likeness (QED) is 0.858. The predicted molar refractivity (Wildman–Crippen MR) is 74.9 cm³/mol. The molecule has 1 unspecified atom stereocenters. The van der Waals surface area contributed by atoms with Crippen molar-refractivity contribution in [1.82, 2.24) is 4.31 Å². The third-order valence-corrected chi connectivity index (χ3v) is 5.33. The van der Waals surface area contributed by atoms with Crippen molar-refractivity contribution < 1.29 is 13.2 Å². The molecule has 19 heavy (non-hydrogen) atoms. The molecule has 4 nitrogen and oxygen atoms in total. The minimum Gasteiger partial charge on any atom is -0.377 e. The molecule has 0 spiro atoms. The van der Waals surface area contributed by atoms with Gasteiger partial charge in [-0.2, -0.15) is 4.31 Å². The second-order valence-electron chi connectivity index (χ2n) is 4.54. The summed E-state index contributed by atoms with van der Waals surface area (Å²) in [6, 6.07) is 6.28. The molecule has 1 atom stereocenters. The maximum Gasteiger partial charge on any atom is 0.243 e. The fourth-order valence-electron chi connectivity index (χ4n) is 2.25. The second kappa shape index (κ2) is 6.22. The van der Waals surface area contributed by atoms with Crippen molar-refractivity contribution in [3.8, 4) is 0 Å². The maximum absolute atomic E-state index is 12.5. The Morgan fingerprint density at radius 3 is 2.68 bits per heavy atom. The van der Waals surface area contributed by atoms with Crippen LogP contribution in [-0.2, 0) is 14.8 Å². The Kier molecular flexibility index (Phi) is 4.84. The van der Waals surface area contributed by atoms with Crippen LogP contribution >= 0.6 is 11.6 Å². The lowest BCUT2D eigenvalue weighted by Gasteiger charge is -2.31.